The fraction of sp³-hybridized carbons (Fsp3) is 0.474. The summed E-state index contributed by atoms with van der Waals surface area (Å²) in [6, 6.07) is 1.50. The molecule has 3 aromatic rings. The van der Waals surface area contributed by atoms with Gasteiger partial charge in [-0.3, -0.25) is 9.69 Å². The Kier molecular flexibility index (Phi) is 3.78. The number of aromatic nitrogens is 4. The normalized spacial score (nSPS) is 19.6. The van der Waals surface area contributed by atoms with Gasteiger partial charge in [0.25, 0.3) is 11.6 Å². The molecule has 1 fully saturated rings. The summed E-state index contributed by atoms with van der Waals surface area (Å²) in [7, 11) is 0. The minimum absolute atomic E-state index is 0.0545. The number of halogens is 3. The Morgan fingerprint density at radius 2 is 1.97 bits per heavy atom. The molecule has 0 saturated heterocycles. The molecule has 5 rings (SSSR count). The number of hydrogen-bond acceptors (Lipinski definition) is 5. The quantitative estimate of drug-likeness (QED) is 0.642. The molecule has 0 N–H and O–H groups in total. The zero-order valence-corrected chi connectivity index (χ0v) is 15.8. The van der Waals surface area contributed by atoms with E-state index >= 15 is 0 Å². The van der Waals surface area contributed by atoms with Crippen molar-refractivity contribution in [3.05, 3.63) is 34.8 Å². The average Bonchev–Trinajstić information content (AvgIpc) is 3.34. The molecule has 1 aliphatic carbocycles. The number of alkyl halides is 3. The van der Waals surface area contributed by atoms with Crippen molar-refractivity contribution in [3.63, 3.8) is 0 Å². The van der Waals surface area contributed by atoms with Crippen LogP contribution in [0.5, 0.6) is 0 Å². The molecule has 0 radical (unpaired) electrons. The molecule has 1 atom stereocenters. The number of rotatable bonds is 2. The van der Waals surface area contributed by atoms with Gasteiger partial charge in [0.05, 0.1) is 22.3 Å². The van der Waals surface area contributed by atoms with Crippen LogP contribution in [0.2, 0.25) is 0 Å². The standard InChI is InChI=1S/C19H18F3N5O2/c1-9-7-15-26(6-5-14(19(20,21)22)27(15)24-9)18(28)12-8-13(11-3-4-11)23-17-16(12)10(2)25-29-17/h7-8,11,14H,3-6H2,1-2H3/t14-/m0/s1. The van der Waals surface area contributed by atoms with Crippen molar-refractivity contribution in [1.82, 2.24) is 19.9 Å². The van der Waals surface area contributed by atoms with Crippen molar-refractivity contribution in [1.29, 1.82) is 0 Å². The summed E-state index contributed by atoms with van der Waals surface area (Å²) in [4.78, 5) is 19.3. The number of pyridine rings is 1. The van der Waals surface area contributed by atoms with Gasteiger partial charge in [0.1, 0.15) is 5.82 Å². The molecule has 7 nitrogen and oxygen atoms in total. The van der Waals surface area contributed by atoms with Crippen molar-refractivity contribution < 1.29 is 22.5 Å². The summed E-state index contributed by atoms with van der Waals surface area (Å²) >= 11 is 0. The zero-order chi connectivity index (χ0) is 20.5. The van der Waals surface area contributed by atoms with Crippen LogP contribution in [0.25, 0.3) is 11.1 Å². The van der Waals surface area contributed by atoms with Gasteiger partial charge in [-0.05, 0) is 39.2 Å². The van der Waals surface area contributed by atoms with Crippen molar-refractivity contribution in [2.45, 2.75) is 51.2 Å². The van der Waals surface area contributed by atoms with Crippen LogP contribution >= 0.6 is 0 Å². The number of carbonyl (C=O) groups is 1. The van der Waals surface area contributed by atoms with Crippen LogP contribution in [-0.4, -0.2) is 38.5 Å². The van der Waals surface area contributed by atoms with Gasteiger partial charge in [-0.25, -0.2) is 9.67 Å². The fourth-order valence-corrected chi connectivity index (χ4v) is 3.95. The van der Waals surface area contributed by atoms with E-state index in [9.17, 15) is 18.0 Å². The van der Waals surface area contributed by atoms with Crippen molar-refractivity contribution in [3.8, 4) is 0 Å². The van der Waals surface area contributed by atoms with Crippen LogP contribution in [0.4, 0.5) is 19.0 Å². The molecule has 0 spiro atoms. The molecule has 2 aliphatic rings. The van der Waals surface area contributed by atoms with E-state index in [4.69, 9.17) is 4.52 Å². The second kappa shape index (κ2) is 6.04. The molecule has 0 bridgehead atoms. The van der Waals surface area contributed by atoms with Gasteiger partial charge in [0.15, 0.2) is 6.04 Å². The van der Waals surface area contributed by atoms with Crippen LogP contribution in [0, 0.1) is 13.8 Å². The lowest BCUT2D eigenvalue weighted by molar-refractivity contribution is -0.172. The molecular formula is C19H18F3N5O2. The average molecular weight is 405 g/mol. The van der Waals surface area contributed by atoms with Crippen molar-refractivity contribution >= 4 is 22.8 Å². The maximum absolute atomic E-state index is 13.5. The number of carbonyl (C=O) groups excluding carboxylic acids is 1. The van der Waals surface area contributed by atoms with Crippen molar-refractivity contribution in [2.24, 2.45) is 0 Å². The number of amides is 1. The predicted molar refractivity (Wildman–Crippen MR) is 96.9 cm³/mol. The maximum atomic E-state index is 13.5. The molecule has 4 heterocycles. The third-order valence-electron chi connectivity index (χ3n) is 5.52. The van der Waals surface area contributed by atoms with Crippen LogP contribution < -0.4 is 4.90 Å². The summed E-state index contributed by atoms with van der Waals surface area (Å²) in [6.07, 6.45) is -2.71. The first-order chi connectivity index (χ1) is 13.7. The maximum Gasteiger partial charge on any atom is 0.410 e. The van der Waals surface area contributed by atoms with E-state index in [1.54, 1.807) is 19.9 Å². The minimum atomic E-state index is -4.43. The zero-order valence-electron chi connectivity index (χ0n) is 15.8. The van der Waals surface area contributed by atoms with Gasteiger partial charge in [0.2, 0.25) is 0 Å². The first-order valence-electron chi connectivity index (χ1n) is 9.45. The summed E-state index contributed by atoms with van der Waals surface area (Å²) in [6.45, 7) is 3.27. The first-order valence-corrected chi connectivity index (χ1v) is 9.45. The Labute approximate surface area is 163 Å². The lowest BCUT2D eigenvalue weighted by Gasteiger charge is -2.34. The molecule has 1 amide bonds. The Bertz CT molecular complexity index is 1130. The van der Waals surface area contributed by atoms with Crippen LogP contribution in [0.1, 0.15) is 58.7 Å². The van der Waals surface area contributed by atoms with E-state index in [0.717, 1.165) is 23.2 Å². The van der Waals surface area contributed by atoms with Gasteiger partial charge in [0, 0.05) is 24.2 Å². The number of aryl methyl sites for hydroxylation is 2. The Hall–Kier alpha value is -2.91. The van der Waals surface area contributed by atoms with Crippen LogP contribution in [0.15, 0.2) is 16.7 Å². The van der Waals surface area contributed by atoms with E-state index in [1.807, 2.05) is 0 Å². The second-order valence-corrected chi connectivity index (χ2v) is 7.71. The molecular weight excluding hydrogens is 387 g/mol. The number of anilines is 1. The van der Waals surface area contributed by atoms with Gasteiger partial charge in [-0.15, -0.1) is 0 Å². The highest BCUT2D eigenvalue weighted by atomic mass is 19.4. The number of nitrogens with zero attached hydrogens (tertiary/aromatic N) is 5. The Morgan fingerprint density at radius 1 is 1.21 bits per heavy atom. The summed E-state index contributed by atoms with van der Waals surface area (Å²) < 4.78 is 46.6. The lowest BCUT2D eigenvalue weighted by atomic mass is 10.0. The largest absolute Gasteiger partial charge is 0.410 e. The number of hydrogen-bond donors (Lipinski definition) is 0. The molecule has 10 heteroatoms. The van der Waals surface area contributed by atoms with E-state index in [0.29, 0.717) is 22.3 Å². The molecule has 29 heavy (non-hydrogen) atoms. The Balaban J connectivity index is 1.62. The van der Waals surface area contributed by atoms with Crippen molar-refractivity contribution in [2.75, 3.05) is 11.4 Å². The van der Waals surface area contributed by atoms with E-state index < -0.39 is 18.1 Å². The van der Waals surface area contributed by atoms with Crippen LogP contribution in [0.3, 0.4) is 0 Å². The van der Waals surface area contributed by atoms with Gasteiger partial charge < -0.3 is 4.52 Å². The summed E-state index contributed by atoms with van der Waals surface area (Å²) in [5, 5.41) is 8.43. The molecule has 0 unspecified atom stereocenters. The van der Waals surface area contributed by atoms with E-state index in [2.05, 4.69) is 15.2 Å². The highest BCUT2D eigenvalue weighted by Crippen LogP contribution is 2.42. The van der Waals surface area contributed by atoms with Gasteiger partial charge in [-0.2, -0.15) is 18.3 Å². The summed E-state index contributed by atoms with van der Waals surface area (Å²) in [5.41, 5.74) is 2.34. The minimum Gasteiger partial charge on any atom is -0.336 e. The molecule has 3 aromatic heterocycles. The van der Waals surface area contributed by atoms with Gasteiger partial charge in [-0.1, -0.05) is 5.16 Å². The SMILES string of the molecule is Cc1cc2n(n1)[C@H](C(F)(F)F)CCN2C(=O)c1cc(C2CC2)nc2onc(C)c12. The van der Waals surface area contributed by atoms with E-state index in [-0.39, 0.29) is 30.4 Å². The topological polar surface area (TPSA) is 77.0 Å². The lowest BCUT2D eigenvalue weighted by Crippen LogP contribution is -2.43. The Morgan fingerprint density at radius 3 is 2.66 bits per heavy atom. The molecule has 152 valence electrons. The molecule has 1 saturated carbocycles. The third-order valence-corrected chi connectivity index (χ3v) is 5.52. The second-order valence-electron chi connectivity index (χ2n) is 7.71. The van der Waals surface area contributed by atoms with Gasteiger partial charge >= 0.3 is 6.18 Å². The smallest absolute Gasteiger partial charge is 0.336 e. The molecule has 1 aliphatic heterocycles. The molecule has 0 aromatic carbocycles. The number of fused-ring (bicyclic) bond motifs is 2. The predicted octanol–water partition coefficient (Wildman–Crippen LogP) is 4.07. The summed E-state index contributed by atoms with van der Waals surface area (Å²) in [5.74, 6) is 0.0283. The van der Waals surface area contributed by atoms with E-state index in [1.165, 1.54) is 11.0 Å². The third kappa shape index (κ3) is 2.89. The first kappa shape index (κ1) is 18.1. The highest BCUT2D eigenvalue weighted by molar-refractivity contribution is 6.13. The monoisotopic (exact) mass is 405 g/mol. The van der Waals surface area contributed by atoms with Crippen LogP contribution in [-0.2, 0) is 0 Å². The highest BCUT2D eigenvalue weighted by Gasteiger charge is 2.46. The fourth-order valence-electron chi connectivity index (χ4n) is 3.95.